The lowest BCUT2D eigenvalue weighted by molar-refractivity contribution is -0.528. The molecule has 11 heteroatoms. The van der Waals surface area contributed by atoms with Crippen molar-refractivity contribution in [3.05, 3.63) is 10.1 Å². The molecule has 0 aromatic carbocycles. The topological polar surface area (TPSA) is 176 Å². The van der Waals surface area contributed by atoms with Crippen molar-refractivity contribution in [2.24, 2.45) is 35.5 Å². The zero-order valence-electron chi connectivity index (χ0n) is 23.3. The number of nitro groups is 1. The van der Waals surface area contributed by atoms with Crippen LogP contribution < -0.4 is 10.6 Å². The SMILES string of the molecule is O=C(O)C1CCCCC1C(=O)NC1CCC(CC2CCC(NC(=O)C3CCC([N+](=O)[O-])CC3C(=O)O)CC2)CC1. The highest BCUT2D eigenvalue weighted by Gasteiger charge is 2.44. The molecule has 0 saturated heterocycles. The Morgan fingerprint density at radius 2 is 1.07 bits per heavy atom. The minimum atomic E-state index is -1.14. The molecule has 40 heavy (non-hydrogen) atoms. The first kappa shape index (κ1) is 30.2. The Hall–Kier alpha value is -2.72. The number of hydrogen-bond donors (Lipinski definition) is 4. The number of carbonyl (C=O) groups is 4. The quantitative estimate of drug-likeness (QED) is 0.242. The number of hydrogen-bond acceptors (Lipinski definition) is 6. The fraction of sp³-hybridized carbons (Fsp3) is 0.862. The van der Waals surface area contributed by atoms with E-state index in [1.165, 1.54) is 0 Å². The molecule has 11 nitrogen and oxygen atoms in total. The van der Waals surface area contributed by atoms with Crippen molar-refractivity contribution in [1.82, 2.24) is 10.6 Å². The van der Waals surface area contributed by atoms with Gasteiger partial charge in [-0.3, -0.25) is 29.3 Å². The zero-order chi connectivity index (χ0) is 28.8. The van der Waals surface area contributed by atoms with Gasteiger partial charge in [0.05, 0.1) is 23.7 Å². The van der Waals surface area contributed by atoms with Crippen molar-refractivity contribution >= 4 is 23.8 Å². The van der Waals surface area contributed by atoms with E-state index in [2.05, 4.69) is 10.6 Å². The predicted octanol–water partition coefficient (Wildman–Crippen LogP) is 3.76. The smallest absolute Gasteiger partial charge is 0.307 e. The van der Waals surface area contributed by atoms with Gasteiger partial charge in [-0.25, -0.2) is 0 Å². The monoisotopic (exact) mass is 563 g/mol. The maximum atomic E-state index is 12.9. The maximum absolute atomic E-state index is 12.9. The van der Waals surface area contributed by atoms with E-state index < -0.39 is 46.6 Å². The fourth-order valence-electron chi connectivity index (χ4n) is 7.84. The zero-order valence-corrected chi connectivity index (χ0v) is 23.3. The molecule has 0 heterocycles. The molecule has 2 amide bonds. The van der Waals surface area contributed by atoms with Crippen molar-refractivity contribution in [2.45, 2.75) is 121 Å². The number of carboxylic acid groups (broad SMARTS) is 2. The van der Waals surface area contributed by atoms with Crippen molar-refractivity contribution < 1.29 is 34.3 Å². The second-order valence-corrected chi connectivity index (χ2v) is 12.8. The van der Waals surface area contributed by atoms with Gasteiger partial charge in [-0.1, -0.05) is 12.8 Å². The second kappa shape index (κ2) is 13.8. The number of carboxylic acids is 2. The van der Waals surface area contributed by atoms with Gasteiger partial charge in [0.15, 0.2) is 0 Å². The molecule has 4 saturated carbocycles. The van der Waals surface area contributed by atoms with Gasteiger partial charge in [-0.05, 0) is 88.9 Å². The van der Waals surface area contributed by atoms with E-state index in [-0.39, 0.29) is 43.2 Å². The van der Waals surface area contributed by atoms with Crippen LogP contribution in [0.1, 0.15) is 103 Å². The molecule has 0 aromatic rings. The highest BCUT2D eigenvalue weighted by Crippen LogP contribution is 2.37. The first-order valence-corrected chi connectivity index (χ1v) is 15.3. The van der Waals surface area contributed by atoms with Crippen LogP contribution in [0.25, 0.3) is 0 Å². The number of amides is 2. The Morgan fingerprint density at radius 1 is 0.625 bits per heavy atom. The highest BCUT2D eigenvalue weighted by atomic mass is 16.6. The summed E-state index contributed by atoms with van der Waals surface area (Å²) in [6, 6.07) is -0.749. The van der Waals surface area contributed by atoms with Crippen LogP contribution in [-0.4, -0.2) is 57.0 Å². The van der Waals surface area contributed by atoms with Crippen LogP contribution in [0.4, 0.5) is 0 Å². The van der Waals surface area contributed by atoms with Gasteiger partial charge >= 0.3 is 11.9 Å². The normalized spacial score (nSPS) is 36.6. The van der Waals surface area contributed by atoms with Crippen LogP contribution in [0.5, 0.6) is 0 Å². The van der Waals surface area contributed by atoms with Crippen LogP contribution in [0, 0.1) is 45.6 Å². The molecule has 0 radical (unpaired) electrons. The Morgan fingerprint density at radius 3 is 1.52 bits per heavy atom. The lowest BCUT2D eigenvalue weighted by Gasteiger charge is -2.36. The molecule has 4 aliphatic rings. The summed E-state index contributed by atoms with van der Waals surface area (Å²) < 4.78 is 0. The van der Waals surface area contributed by atoms with E-state index in [0.717, 1.165) is 70.6 Å². The van der Waals surface area contributed by atoms with Gasteiger partial charge in [-0.15, -0.1) is 0 Å². The summed E-state index contributed by atoms with van der Waals surface area (Å²) in [5.41, 5.74) is 0. The van der Waals surface area contributed by atoms with E-state index in [0.29, 0.717) is 24.7 Å². The third-order valence-corrected chi connectivity index (χ3v) is 10.2. The number of nitrogens with one attached hydrogen (secondary N) is 2. The molecule has 0 spiro atoms. The average molecular weight is 564 g/mol. The van der Waals surface area contributed by atoms with Crippen molar-refractivity contribution in [3.8, 4) is 0 Å². The number of aliphatic carboxylic acids is 2. The summed E-state index contributed by atoms with van der Waals surface area (Å²) >= 11 is 0. The summed E-state index contributed by atoms with van der Waals surface area (Å²) in [5, 5.41) is 36.4. The standard InChI is InChI=1S/C29H45N3O8/c33-26(22-3-1-2-4-24(22)28(35)36)30-19-9-5-17(6-10-19)15-18-7-11-20(12-8-18)31-27(34)23-14-13-21(32(39)40)16-25(23)29(37)38/h17-25H,1-16H2,(H,30,33)(H,31,34)(H,35,36)(H,37,38). The molecular formula is C29H45N3O8. The summed E-state index contributed by atoms with van der Waals surface area (Å²) in [6.45, 7) is 0. The van der Waals surface area contributed by atoms with Gasteiger partial charge in [0.25, 0.3) is 0 Å². The van der Waals surface area contributed by atoms with E-state index >= 15 is 0 Å². The van der Waals surface area contributed by atoms with Crippen LogP contribution in [0.2, 0.25) is 0 Å². The lowest BCUT2D eigenvalue weighted by atomic mass is 9.74. The van der Waals surface area contributed by atoms with Gasteiger partial charge < -0.3 is 20.8 Å². The van der Waals surface area contributed by atoms with Crippen LogP contribution >= 0.6 is 0 Å². The summed E-state index contributed by atoms with van der Waals surface area (Å²) in [4.78, 5) is 59.7. The number of nitrogens with zero attached hydrogens (tertiary/aromatic N) is 1. The van der Waals surface area contributed by atoms with Gasteiger partial charge in [0.2, 0.25) is 17.9 Å². The van der Waals surface area contributed by atoms with Crippen LogP contribution in [-0.2, 0) is 19.2 Å². The molecule has 4 fully saturated rings. The van der Waals surface area contributed by atoms with Crippen LogP contribution in [0.3, 0.4) is 0 Å². The largest absolute Gasteiger partial charge is 0.481 e. The van der Waals surface area contributed by atoms with E-state index in [4.69, 9.17) is 0 Å². The van der Waals surface area contributed by atoms with Crippen molar-refractivity contribution in [1.29, 1.82) is 0 Å². The number of rotatable bonds is 9. The highest BCUT2D eigenvalue weighted by molar-refractivity contribution is 5.85. The molecule has 4 N–H and O–H groups in total. The maximum Gasteiger partial charge on any atom is 0.307 e. The summed E-state index contributed by atoms with van der Waals surface area (Å²) in [6.07, 6.45) is 12.2. The Labute approximate surface area is 235 Å². The molecule has 224 valence electrons. The van der Waals surface area contributed by atoms with Crippen LogP contribution in [0.15, 0.2) is 0 Å². The third kappa shape index (κ3) is 7.72. The van der Waals surface area contributed by atoms with Gasteiger partial charge in [0, 0.05) is 29.8 Å². The molecule has 5 atom stereocenters. The third-order valence-electron chi connectivity index (χ3n) is 10.2. The average Bonchev–Trinajstić information content (AvgIpc) is 2.94. The Kier molecular flexibility index (Phi) is 10.4. The fourth-order valence-corrected chi connectivity index (χ4v) is 7.84. The van der Waals surface area contributed by atoms with Crippen molar-refractivity contribution in [3.63, 3.8) is 0 Å². The molecular weight excluding hydrogens is 518 g/mol. The van der Waals surface area contributed by atoms with E-state index in [9.17, 15) is 39.5 Å². The molecule has 4 aliphatic carbocycles. The Balaban J connectivity index is 1.15. The minimum Gasteiger partial charge on any atom is -0.481 e. The van der Waals surface area contributed by atoms with E-state index in [1.54, 1.807) is 0 Å². The lowest BCUT2D eigenvalue weighted by Crippen LogP contribution is -2.47. The van der Waals surface area contributed by atoms with Gasteiger partial charge in [-0.2, -0.15) is 0 Å². The first-order valence-electron chi connectivity index (χ1n) is 15.3. The Bertz CT molecular complexity index is 942. The number of carbonyl (C=O) groups excluding carboxylic acids is 2. The summed E-state index contributed by atoms with van der Waals surface area (Å²) in [5.74, 6) is -3.86. The summed E-state index contributed by atoms with van der Waals surface area (Å²) in [7, 11) is 0. The minimum absolute atomic E-state index is 0.0202. The van der Waals surface area contributed by atoms with Crippen molar-refractivity contribution in [2.75, 3.05) is 0 Å². The molecule has 5 unspecified atom stereocenters. The van der Waals surface area contributed by atoms with Gasteiger partial charge in [0.1, 0.15) is 0 Å². The second-order valence-electron chi connectivity index (χ2n) is 12.8. The molecule has 0 aliphatic heterocycles. The molecule has 4 rings (SSSR count). The predicted molar refractivity (Wildman–Crippen MR) is 145 cm³/mol. The first-order chi connectivity index (χ1) is 19.1. The molecule has 0 aromatic heterocycles. The van der Waals surface area contributed by atoms with E-state index in [1.807, 2.05) is 0 Å². The molecule has 0 bridgehead atoms.